The Balaban J connectivity index is 2.52. The number of aromatic nitrogens is 1. The molecule has 0 aliphatic rings. The summed E-state index contributed by atoms with van der Waals surface area (Å²) in [6.07, 6.45) is -2.83. The minimum Gasteiger partial charge on any atom is -0.308 e. The molecule has 5 heteroatoms. The standard InChI is InChI=1S/C12H7F3N2/c13-12(14,15)9-3-1-4-10(7-9)17-6-2-5-11(17)8-16/h1-7H. The van der Waals surface area contributed by atoms with Gasteiger partial charge in [-0.15, -0.1) is 0 Å². The molecule has 0 saturated heterocycles. The molecule has 2 rings (SSSR count). The molecule has 1 heterocycles. The van der Waals surface area contributed by atoms with Gasteiger partial charge in [0.1, 0.15) is 11.8 Å². The van der Waals surface area contributed by atoms with E-state index in [2.05, 4.69) is 0 Å². The number of benzene rings is 1. The van der Waals surface area contributed by atoms with Crippen molar-refractivity contribution in [1.29, 1.82) is 5.26 Å². The van der Waals surface area contributed by atoms with Gasteiger partial charge in [-0.1, -0.05) is 6.07 Å². The van der Waals surface area contributed by atoms with Crippen LogP contribution in [0.2, 0.25) is 0 Å². The van der Waals surface area contributed by atoms with Crippen molar-refractivity contribution in [3.05, 3.63) is 53.9 Å². The Morgan fingerprint density at radius 2 is 1.88 bits per heavy atom. The predicted octanol–water partition coefficient (Wildman–Crippen LogP) is 3.37. The van der Waals surface area contributed by atoms with E-state index >= 15 is 0 Å². The fraction of sp³-hybridized carbons (Fsp3) is 0.0833. The van der Waals surface area contributed by atoms with Gasteiger partial charge in [0.15, 0.2) is 0 Å². The van der Waals surface area contributed by atoms with Gasteiger partial charge >= 0.3 is 6.18 Å². The van der Waals surface area contributed by atoms with Gasteiger partial charge in [0, 0.05) is 11.9 Å². The molecule has 0 atom stereocenters. The first-order valence-electron chi connectivity index (χ1n) is 4.77. The lowest BCUT2D eigenvalue weighted by Gasteiger charge is -2.10. The first kappa shape index (κ1) is 11.3. The Kier molecular flexibility index (Phi) is 2.64. The molecule has 86 valence electrons. The second-order valence-electron chi connectivity index (χ2n) is 3.42. The molecular formula is C12H7F3N2. The summed E-state index contributed by atoms with van der Waals surface area (Å²) >= 11 is 0. The van der Waals surface area contributed by atoms with Crippen LogP contribution in [0.3, 0.4) is 0 Å². The average Bonchev–Trinajstić information content (AvgIpc) is 2.76. The van der Waals surface area contributed by atoms with Gasteiger partial charge in [-0.3, -0.25) is 0 Å². The number of hydrogen-bond acceptors (Lipinski definition) is 1. The number of nitriles is 1. The third-order valence-electron chi connectivity index (χ3n) is 2.31. The first-order valence-corrected chi connectivity index (χ1v) is 4.77. The molecule has 0 fully saturated rings. The summed E-state index contributed by atoms with van der Waals surface area (Å²) in [5.74, 6) is 0. The molecule has 0 aliphatic carbocycles. The van der Waals surface area contributed by atoms with Crippen LogP contribution in [0.4, 0.5) is 13.2 Å². The Morgan fingerprint density at radius 3 is 2.53 bits per heavy atom. The van der Waals surface area contributed by atoms with Gasteiger partial charge in [-0.25, -0.2) is 0 Å². The van der Waals surface area contributed by atoms with Crippen molar-refractivity contribution < 1.29 is 13.2 Å². The van der Waals surface area contributed by atoms with Crippen molar-refractivity contribution >= 4 is 0 Å². The van der Waals surface area contributed by atoms with E-state index in [0.29, 0.717) is 11.4 Å². The fourth-order valence-corrected chi connectivity index (χ4v) is 1.53. The van der Waals surface area contributed by atoms with Crippen molar-refractivity contribution in [1.82, 2.24) is 4.57 Å². The van der Waals surface area contributed by atoms with Gasteiger partial charge in [0.2, 0.25) is 0 Å². The summed E-state index contributed by atoms with van der Waals surface area (Å²) in [6, 6.07) is 9.92. The van der Waals surface area contributed by atoms with E-state index in [1.165, 1.54) is 16.7 Å². The second-order valence-corrected chi connectivity index (χ2v) is 3.42. The quantitative estimate of drug-likeness (QED) is 0.746. The molecule has 2 aromatic rings. The van der Waals surface area contributed by atoms with Crippen LogP contribution in [0, 0.1) is 11.3 Å². The van der Waals surface area contributed by atoms with E-state index in [0.717, 1.165) is 12.1 Å². The van der Waals surface area contributed by atoms with Gasteiger partial charge in [-0.05, 0) is 30.3 Å². The maximum absolute atomic E-state index is 12.5. The van der Waals surface area contributed by atoms with Crippen molar-refractivity contribution in [2.24, 2.45) is 0 Å². The smallest absolute Gasteiger partial charge is 0.308 e. The van der Waals surface area contributed by atoms with Crippen LogP contribution in [0.1, 0.15) is 11.3 Å². The normalized spacial score (nSPS) is 11.2. The number of rotatable bonds is 1. The summed E-state index contributed by atoms with van der Waals surface area (Å²) in [6.45, 7) is 0. The third kappa shape index (κ3) is 2.16. The highest BCUT2D eigenvalue weighted by molar-refractivity contribution is 5.41. The summed E-state index contributed by atoms with van der Waals surface area (Å²) in [7, 11) is 0. The number of halogens is 3. The minimum atomic E-state index is -4.38. The lowest BCUT2D eigenvalue weighted by molar-refractivity contribution is -0.137. The zero-order chi connectivity index (χ0) is 12.5. The minimum absolute atomic E-state index is 0.296. The number of nitrogens with zero attached hydrogens (tertiary/aromatic N) is 2. The van der Waals surface area contributed by atoms with E-state index in [9.17, 15) is 13.2 Å². The summed E-state index contributed by atoms with van der Waals surface area (Å²) < 4.78 is 39.0. The second kappa shape index (κ2) is 3.98. The molecule has 0 saturated carbocycles. The van der Waals surface area contributed by atoms with Crippen molar-refractivity contribution in [2.45, 2.75) is 6.18 Å². The molecule has 0 radical (unpaired) electrons. The maximum atomic E-state index is 12.5. The van der Waals surface area contributed by atoms with E-state index in [-0.39, 0.29) is 0 Å². The summed E-state index contributed by atoms with van der Waals surface area (Å²) in [5, 5.41) is 8.80. The lowest BCUT2D eigenvalue weighted by atomic mass is 10.2. The van der Waals surface area contributed by atoms with Crippen LogP contribution in [0.25, 0.3) is 5.69 Å². The number of hydrogen-bond donors (Lipinski definition) is 0. The molecule has 1 aromatic carbocycles. The highest BCUT2D eigenvalue weighted by Crippen LogP contribution is 2.30. The molecule has 17 heavy (non-hydrogen) atoms. The third-order valence-corrected chi connectivity index (χ3v) is 2.31. The Morgan fingerprint density at radius 1 is 1.12 bits per heavy atom. The first-order chi connectivity index (χ1) is 8.02. The molecular weight excluding hydrogens is 229 g/mol. The van der Waals surface area contributed by atoms with Crippen molar-refractivity contribution in [3.8, 4) is 11.8 Å². The molecule has 0 bridgehead atoms. The van der Waals surface area contributed by atoms with E-state index in [1.807, 2.05) is 6.07 Å². The largest absolute Gasteiger partial charge is 0.416 e. The topological polar surface area (TPSA) is 28.7 Å². The van der Waals surface area contributed by atoms with Crippen LogP contribution < -0.4 is 0 Å². The molecule has 0 spiro atoms. The highest BCUT2D eigenvalue weighted by Gasteiger charge is 2.30. The van der Waals surface area contributed by atoms with Gasteiger partial charge < -0.3 is 4.57 Å². The van der Waals surface area contributed by atoms with Crippen molar-refractivity contribution in [3.63, 3.8) is 0 Å². The predicted molar refractivity (Wildman–Crippen MR) is 55.5 cm³/mol. The van der Waals surface area contributed by atoms with E-state index < -0.39 is 11.7 Å². The molecule has 0 N–H and O–H groups in total. The lowest BCUT2D eigenvalue weighted by Crippen LogP contribution is -2.06. The molecule has 0 amide bonds. The van der Waals surface area contributed by atoms with Gasteiger partial charge in [0.05, 0.1) is 5.56 Å². The highest BCUT2D eigenvalue weighted by atomic mass is 19.4. The maximum Gasteiger partial charge on any atom is 0.416 e. The van der Waals surface area contributed by atoms with E-state index in [4.69, 9.17) is 5.26 Å². The van der Waals surface area contributed by atoms with Crippen LogP contribution in [0.15, 0.2) is 42.6 Å². The van der Waals surface area contributed by atoms with Gasteiger partial charge in [-0.2, -0.15) is 18.4 Å². The Bertz CT molecular complexity index is 576. The monoisotopic (exact) mass is 236 g/mol. The van der Waals surface area contributed by atoms with E-state index in [1.54, 1.807) is 18.3 Å². The summed E-state index contributed by atoms with van der Waals surface area (Å²) in [5.41, 5.74) is -0.113. The SMILES string of the molecule is N#Cc1cccn1-c1cccc(C(F)(F)F)c1. The molecule has 0 aliphatic heterocycles. The average molecular weight is 236 g/mol. The zero-order valence-electron chi connectivity index (χ0n) is 8.57. The van der Waals surface area contributed by atoms with Crippen LogP contribution in [-0.2, 0) is 6.18 Å². The summed E-state index contributed by atoms with van der Waals surface area (Å²) in [4.78, 5) is 0. The Hall–Kier alpha value is -2.22. The molecule has 0 unspecified atom stereocenters. The molecule has 1 aromatic heterocycles. The Labute approximate surface area is 95.5 Å². The van der Waals surface area contributed by atoms with Crippen molar-refractivity contribution in [2.75, 3.05) is 0 Å². The fourth-order valence-electron chi connectivity index (χ4n) is 1.53. The van der Waals surface area contributed by atoms with Crippen LogP contribution in [-0.4, -0.2) is 4.57 Å². The van der Waals surface area contributed by atoms with Crippen LogP contribution >= 0.6 is 0 Å². The molecule has 2 nitrogen and oxygen atoms in total. The number of alkyl halides is 3. The van der Waals surface area contributed by atoms with Gasteiger partial charge in [0.25, 0.3) is 0 Å². The zero-order valence-corrected chi connectivity index (χ0v) is 8.57. The van der Waals surface area contributed by atoms with Crippen LogP contribution in [0.5, 0.6) is 0 Å².